The maximum atomic E-state index is 12.0. The first-order chi connectivity index (χ1) is 8.08. The summed E-state index contributed by atoms with van der Waals surface area (Å²) >= 11 is 0. The van der Waals surface area contributed by atoms with Crippen LogP contribution in [0, 0.1) is 0 Å². The minimum Gasteiger partial charge on any atom is -0.317 e. The van der Waals surface area contributed by atoms with Crippen molar-refractivity contribution in [2.24, 2.45) is 0 Å². The van der Waals surface area contributed by atoms with Crippen LogP contribution in [-0.4, -0.2) is 44.7 Å². The van der Waals surface area contributed by atoms with Crippen molar-refractivity contribution in [3.05, 3.63) is 12.7 Å². The van der Waals surface area contributed by atoms with Gasteiger partial charge in [0.1, 0.15) is 0 Å². The monoisotopic (exact) mass is 262 g/mol. The number of hydrogen-bond donors (Lipinski definition) is 1. The average Bonchev–Trinajstić information content (AvgIpc) is 2.28. The lowest BCUT2D eigenvalue weighted by atomic mass is 10.3. The van der Waals surface area contributed by atoms with E-state index in [4.69, 9.17) is 0 Å². The van der Waals surface area contributed by atoms with Crippen LogP contribution in [0.25, 0.3) is 0 Å². The van der Waals surface area contributed by atoms with Crippen molar-refractivity contribution in [2.75, 3.05) is 31.9 Å². The van der Waals surface area contributed by atoms with Crippen molar-refractivity contribution in [3.8, 4) is 0 Å². The summed E-state index contributed by atoms with van der Waals surface area (Å²) in [5.74, 6) is 0.242. The van der Waals surface area contributed by atoms with Gasteiger partial charge < -0.3 is 5.32 Å². The van der Waals surface area contributed by atoms with Gasteiger partial charge in [-0.25, -0.2) is 8.42 Å². The molecular formula is C12H26N2O2S. The van der Waals surface area contributed by atoms with Crippen molar-refractivity contribution in [1.29, 1.82) is 0 Å². The van der Waals surface area contributed by atoms with Gasteiger partial charge in [0.15, 0.2) is 0 Å². The van der Waals surface area contributed by atoms with Gasteiger partial charge in [-0.1, -0.05) is 19.9 Å². The molecule has 0 atom stereocenters. The summed E-state index contributed by atoms with van der Waals surface area (Å²) in [6.07, 6.45) is 4.10. The highest BCUT2D eigenvalue weighted by Crippen LogP contribution is 2.06. The van der Waals surface area contributed by atoms with Crippen LogP contribution in [0.15, 0.2) is 12.7 Å². The zero-order valence-corrected chi connectivity index (χ0v) is 11.9. The van der Waals surface area contributed by atoms with Gasteiger partial charge in [0.2, 0.25) is 10.0 Å². The fourth-order valence-electron chi connectivity index (χ4n) is 1.58. The average molecular weight is 262 g/mol. The zero-order chi connectivity index (χ0) is 13.1. The van der Waals surface area contributed by atoms with E-state index in [2.05, 4.69) is 11.9 Å². The molecule has 4 nitrogen and oxygen atoms in total. The molecule has 0 aliphatic heterocycles. The molecule has 17 heavy (non-hydrogen) atoms. The molecule has 1 N–H and O–H groups in total. The predicted molar refractivity (Wildman–Crippen MR) is 73.6 cm³/mol. The van der Waals surface area contributed by atoms with Crippen molar-refractivity contribution in [2.45, 2.75) is 33.1 Å². The maximum absolute atomic E-state index is 12.0. The first-order valence-electron chi connectivity index (χ1n) is 6.37. The van der Waals surface area contributed by atoms with Crippen LogP contribution in [0.1, 0.15) is 33.1 Å². The number of sulfonamides is 1. The molecule has 0 amide bonds. The summed E-state index contributed by atoms with van der Waals surface area (Å²) in [4.78, 5) is 0. The summed E-state index contributed by atoms with van der Waals surface area (Å²) in [6, 6.07) is 0. The van der Waals surface area contributed by atoms with E-state index in [1.165, 1.54) is 4.31 Å². The van der Waals surface area contributed by atoms with Crippen molar-refractivity contribution in [1.82, 2.24) is 9.62 Å². The highest BCUT2D eigenvalue weighted by molar-refractivity contribution is 7.89. The number of rotatable bonds is 11. The Morgan fingerprint density at radius 3 is 2.53 bits per heavy atom. The van der Waals surface area contributed by atoms with E-state index < -0.39 is 10.0 Å². The van der Waals surface area contributed by atoms with E-state index in [0.717, 1.165) is 25.9 Å². The molecule has 0 saturated carbocycles. The first-order valence-corrected chi connectivity index (χ1v) is 7.98. The van der Waals surface area contributed by atoms with E-state index in [-0.39, 0.29) is 5.75 Å². The molecule has 0 radical (unpaired) electrons. The van der Waals surface area contributed by atoms with Gasteiger partial charge in [0.25, 0.3) is 0 Å². The van der Waals surface area contributed by atoms with Crippen LogP contribution in [-0.2, 0) is 10.0 Å². The largest absolute Gasteiger partial charge is 0.317 e. The van der Waals surface area contributed by atoms with E-state index in [1.54, 1.807) is 6.08 Å². The van der Waals surface area contributed by atoms with Crippen LogP contribution in [0.5, 0.6) is 0 Å². The minimum absolute atomic E-state index is 0.242. The summed E-state index contributed by atoms with van der Waals surface area (Å²) < 4.78 is 25.5. The Morgan fingerprint density at radius 1 is 1.29 bits per heavy atom. The van der Waals surface area contributed by atoms with Crippen LogP contribution < -0.4 is 5.32 Å². The predicted octanol–water partition coefficient (Wildman–Crippen LogP) is 1.60. The van der Waals surface area contributed by atoms with E-state index in [1.807, 2.05) is 13.8 Å². The van der Waals surface area contributed by atoms with Crippen molar-refractivity contribution >= 4 is 10.0 Å². The second-order valence-electron chi connectivity index (χ2n) is 4.02. The molecule has 0 aliphatic rings. The molecule has 0 aromatic carbocycles. The van der Waals surface area contributed by atoms with Crippen LogP contribution in [0.2, 0.25) is 0 Å². The molecule has 102 valence electrons. The molecule has 0 heterocycles. The molecule has 0 aliphatic carbocycles. The quantitative estimate of drug-likeness (QED) is 0.454. The number of unbranched alkanes of at least 4 members (excludes halogenated alkanes) is 1. The fraction of sp³-hybridized carbons (Fsp3) is 0.833. The van der Waals surface area contributed by atoms with Gasteiger partial charge in [-0.05, 0) is 32.4 Å². The lowest BCUT2D eigenvalue weighted by Gasteiger charge is -2.19. The lowest BCUT2D eigenvalue weighted by molar-refractivity contribution is 0.439. The van der Waals surface area contributed by atoms with Crippen LogP contribution in [0.4, 0.5) is 0 Å². The van der Waals surface area contributed by atoms with Gasteiger partial charge >= 0.3 is 0 Å². The fourth-order valence-corrected chi connectivity index (χ4v) is 3.20. The highest BCUT2D eigenvalue weighted by atomic mass is 32.2. The Bertz CT molecular complexity index is 289. The summed E-state index contributed by atoms with van der Waals surface area (Å²) in [6.45, 7) is 10.5. The molecule has 0 bridgehead atoms. The summed E-state index contributed by atoms with van der Waals surface area (Å²) in [7, 11) is -3.10. The Kier molecular flexibility index (Phi) is 9.40. The third-order valence-corrected chi connectivity index (χ3v) is 4.38. The Morgan fingerprint density at radius 2 is 2.00 bits per heavy atom. The van der Waals surface area contributed by atoms with E-state index >= 15 is 0 Å². The number of nitrogens with zero attached hydrogens (tertiary/aromatic N) is 1. The molecule has 0 spiro atoms. The molecule has 0 fully saturated rings. The van der Waals surface area contributed by atoms with Gasteiger partial charge in [-0.2, -0.15) is 4.31 Å². The van der Waals surface area contributed by atoms with Crippen molar-refractivity contribution in [3.63, 3.8) is 0 Å². The molecule has 0 rings (SSSR count). The van der Waals surface area contributed by atoms with Crippen molar-refractivity contribution < 1.29 is 8.42 Å². The Balaban J connectivity index is 4.08. The van der Waals surface area contributed by atoms with E-state index in [9.17, 15) is 8.42 Å². The topological polar surface area (TPSA) is 49.4 Å². The standard InChI is InChI=1S/C12H26N2O2S/c1-4-10-14(11-5-2)17(15,16)12-8-7-9-13-6-3/h4,13H,1,5-12H2,2-3H3. The molecule has 0 saturated heterocycles. The summed E-state index contributed by atoms with van der Waals surface area (Å²) in [5.41, 5.74) is 0. The Labute approximate surface area is 106 Å². The van der Waals surface area contributed by atoms with Gasteiger partial charge in [0, 0.05) is 13.1 Å². The minimum atomic E-state index is -3.10. The zero-order valence-electron chi connectivity index (χ0n) is 11.1. The van der Waals surface area contributed by atoms with E-state index in [0.29, 0.717) is 19.5 Å². The molecule has 5 heteroatoms. The second kappa shape index (κ2) is 9.62. The molecule has 0 unspecified atom stereocenters. The Hall–Kier alpha value is -0.390. The maximum Gasteiger partial charge on any atom is 0.214 e. The first kappa shape index (κ1) is 16.6. The normalized spacial score (nSPS) is 11.9. The lowest BCUT2D eigenvalue weighted by Crippen LogP contribution is -2.34. The molecular weight excluding hydrogens is 236 g/mol. The second-order valence-corrected chi connectivity index (χ2v) is 6.11. The van der Waals surface area contributed by atoms with Crippen LogP contribution >= 0.6 is 0 Å². The van der Waals surface area contributed by atoms with Crippen LogP contribution in [0.3, 0.4) is 0 Å². The summed E-state index contributed by atoms with van der Waals surface area (Å²) in [5, 5.41) is 3.19. The smallest absolute Gasteiger partial charge is 0.214 e. The third-order valence-electron chi connectivity index (χ3n) is 2.45. The SMILES string of the molecule is C=CCN(CCC)S(=O)(=O)CCCCNCC. The van der Waals surface area contributed by atoms with Gasteiger partial charge in [-0.3, -0.25) is 0 Å². The highest BCUT2D eigenvalue weighted by Gasteiger charge is 2.18. The molecule has 0 aromatic rings. The number of nitrogens with one attached hydrogen (secondary N) is 1. The van der Waals surface area contributed by atoms with Gasteiger partial charge in [-0.15, -0.1) is 6.58 Å². The molecule has 0 aromatic heterocycles. The number of hydrogen-bond acceptors (Lipinski definition) is 3. The van der Waals surface area contributed by atoms with Gasteiger partial charge in [0.05, 0.1) is 5.75 Å². The third kappa shape index (κ3) is 7.52.